The summed E-state index contributed by atoms with van der Waals surface area (Å²) in [5.41, 5.74) is 0.431. The van der Waals surface area contributed by atoms with Gasteiger partial charge in [-0.25, -0.2) is 0 Å². The molecule has 2 rings (SSSR count). The fraction of sp³-hybridized carbons (Fsp3) is 0.154. The molecule has 0 aliphatic carbocycles. The van der Waals surface area contributed by atoms with Gasteiger partial charge in [0, 0.05) is 0 Å². The Kier molecular flexibility index (Phi) is 3.55. The highest BCUT2D eigenvalue weighted by atomic mass is 35.5. The SMILES string of the molecule is COc1ccc2ccccc2c1C(=O)C(Cl)Cl. The third-order valence-electron chi connectivity index (χ3n) is 2.56. The molecule has 0 amide bonds. The van der Waals surface area contributed by atoms with Crippen LogP contribution in [-0.4, -0.2) is 17.7 Å². The number of hydrogen-bond acceptors (Lipinski definition) is 2. The van der Waals surface area contributed by atoms with E-state index in [9.17, 15) is 4.79 Å². The van der Waals surface area contributed by atoms with Gasteiger partial charge in [-0.2, -0.15) is 0 Å². The van der Waals surface area contributed by atoms with Gasteiger partial charge in [0.1, 0.15) is 5.75 Å². The topological polar surface area (TPSA) is 26.3 Å². The van der Waals surface area contributed by atoms with Crippen molar-refractivity contribution < 1.29 is 9.53 Å². The van der Waals surface area contributed by atoms with Gasteiger partial charge < -0.3 is 4.74 Å². The third kappa shape index (κ3) is 2.24. The number of halogens is 2. The van der Waals surface area contributed by atoms with Gasteiger partial charge in [-0.05, 0) is 16.8 Å². The zero-order valence-electron chi connectivity index (χ0n) is 9.11. The van der Waals surface area contributed by atoms with E-state index in [-0.39, 0.29) is 5.78 Å². The second-order valence-electron chi connectivity index (χ2n) is 3.53. The van der Waals surface area contributed by atoms with Crippen molar-refractivity contribution in [1.82, 2.24) is 0 Å². The van der Waals surface area contributed by atoms with Crippen molar-refractivity contribution in [3.05, 3.63) is 42.0 Å². The number of alkyl halides is 2. The van der Waals surface area contributed by atoms with E-state index in [0.717, 1.165) is 10.8 Å². The molecule has 0 bridgehead atoms. The number of rotatable bonds is 3. The van der Waals surface area contributed by atoms with Crippen LogP contribution in [0.5, 0.6) is 5.75 Å². The van der Waals surface area contributed by atoms with Crippen LogP contribution in [0.2, 0.25) is 0 Å². The molecule has 0 fully saturated rings. The fourth-order valence-electron chi connectivity index (χ4n) is 1.78. The summed E-state index contributed by atoms with van der Waals surface area (Å²) in [4.78, 5) is 10.9. The van der Waals surface area contributed by atoms with Crippen LogP contribution in [0.15, 0.2) is 36.4 Å². The van der Waals surface area contributed by atoms with E-state index in [1.165, 1.54) is 7.11 Å². The minimum Gasteiger partial charge on any atom is -0.496 e. The Morgan fingerprint density at radius 2 is 1.88 bits per heavy atom. The first-order chi connectivity index (χ1) is 8.15. The van der Waals surface area contributed by atoms with Crippen LogP contribution >= 0.6 is 23.2 Å². The van der Waals surface area contributed by atoms with Crippen molar-refractivity contribution >= 4 is 39.8 Å². The number of carbonyl (C=O) groups excluding carboxylic acids is 1. The Morgan fingerprint density at radius 1 is 1.18 bits per heavy atom. The highest BCUT2D eigenvalue weighted by Crippen LogP contribution is 2.30. The molecule has 0 N–H and O–H groups in total. The van der Waals surface area contributed by atoms with Gasteiger partial charge in [-0.3, -0.25) is 4.79 Å². The van der Waals surface area contributed by atoms with Gasteiger partial charge >= 0.3 is 0 Å². The predicted molar refractivity (Wildman–Crippen MR) is 70.3 cm³/mol. The van der Waals surface area contributed by atoms with Crippen molar-refractivity contribution in [2.24, 2.45) is 0 Å². The molecule has 0 aliphatic rings. The molecule has 0 saturated heterocycles. The first-order valence-electron chi connectivity index (χ1n) is 5.03. The molecular weight excluding hydrogens is 259 g/mol. The molecule has 0 aliphatic heterocycles. The predicted octanol–water partition coefficient (Wildman–Crippen LogP) is 3.83. The van der Waals surface area contributed by atoms with Crippen molar-refractivity contribution in [2.75, 3.05) is 7.11 Å². The highest BCUT2D eigenvalue weighted by molar-refractivity contribution is 6.56. The molecule has 0 spiro atoms. The minimum atomic E-state index is -1.09. The molecule has 2 nitrogen and oxygen atoms in total. The van der Waals surface area contributed by atoms with E-state index in [4.69, 9.17) is 27.9 Å². The molecule has 0 radical (unpaired) electrons. The number of hydrogen-bond donors (Lipinski definition) is 0. The van der Waals surface area contributed by atoms with E-state index in [1.54, 1.807) is 6.07 Å². The summed E-state index contributed by atoms with van der Waals surface area (Å²) in [5.74, 6) is 0.141. The average molecular weight is 269 g/mol. The molecule has 2 aromatic rings. The van der Waals surface area contributed by atoms with Gasteiger partial charge in [-0.1, -0.05) is 53.5 Å². The largest absolute Gasteiger partial charge is 0.496 e. The lowest BCUT2D eigenvalue weighted by Gasteiger charge is -2.11. The Labute approximate surface area is 109 Å². The number of ketones is 1. The van der Waals surface area contributed by atoms with Crippen LogP contribution in [0.4, 0.5) is 0 Å². The van der Waals surface area contributed by atoms with Gasteiger partial charge in [0.25, 0.3) is 0 Å². The summed E-state index contributed by atoms with van der Waals surface area (Å²) in [6.45, 7) is 0. The van der Waals surface area contributed by atoms with Crippen molar-refractivity contribution in [1.29, 1.82) is 0 Å². The Morgan fingerprint density at radius 3 is 2.53 bits per heavy atom. The first kappa shape index (κ1) is 12.2. The quantitative estimate of drug-likeness (QED) is 0.625. The Hall–Kier alpha value is -1.25. The van der Waals surface area contributed by atoms with Crippen molar-refractivity contribution in [2.45, 2.75) is 4.84 Å². The average Bonchev–Trinajstić information content (AvgIpc) is 2.36. The maximum Gasteiger partial charge on any atom is 0.200 e. The summed E-state index contributed by atoms with van der Waals surface area (Å²) < 4.78 is 5.19. The zero-order valence-corrected chi connectivity index (χ0v) is 10.6. The minimum absolute atomic E-state index is 0.345. The summed E-state index contributed by atoms with van der Waals surface area (Å²) >= 11 is 11.3. The van der Waals surface area contributed by atoms with Crippen LogP contribution < -0.4 is 4.74 Å². The van der Waals surface area contributed by atoms with E-state index in [0.29, 0.717) is 11.3 Å². The van der Waals surface area contributed by atoms with E-state index in [2.05, 4.69) is 0 Å². The third-order valence-corrected chi connectivity index (χ3v) is 2.95. The fourth-order valence-corrected chi connectivity index (χ4v) is 2.00. The maximum atomic E-state index is 12.0. The Bertz CT molecular complexity index is 564. The summed E-state index contributed by atoms with van der Waals surface area (Å²) in [7, 11) is 1.51. The number of ether oxygens (including phenoxy) is 1. The Balaban J connectivity index is 2.76. The maximum absolute atomic E-state index is 12.0. The molecule has 17 heavy (non-hydrogen) atoms. The standard InChI is InChI=1S/C13H10Cl2O2/c1-17-10-7-6-8-4-2-3-5-9(8)11(10)12(16)13(14)15/h2-7,13H,1H3. The second-order valence-corrected chi connectivity index (χ2v) is 4.63. The van der Waals surface area contributed by atoms with Gasteiger partial charge in [-0.15, -0.1) is 0 Å². The number of fused-ring (bicyclic) bond motifs is 1. The normalized spacial score (nSPS) is 10.8. The number of Topliss-reactive ketones (excluding diaryl/α,β-unsaturated/α-hetero) is 1. The zero-order chi connectivity index (χ0) is 12.4. The highest BCUT2D eigenvalue weighted by Gasteiger charge is 2.21. The van der Waals surface area contributed by atoms with Crippen molar-refractivity contribution in [3.63, 3.8) is 0 Å². The molecule has 0 heterocycles. The van der Waals surface area contributed by atoms with Crippen LogP contribution in [0, 0.1) is 0 Å². The van der Waals surface area contributed by atoms with E-state index >= 15 is 0 Å². The number of methoxy groups -OCH3 is 1. The smallest absolute Gasteiger partial charge is 0.200 e. The number of carbonyl (C=O) groups is 1. The monoisotopic (exact) mass is 268 g/mol. The molecule has 0 atom stereocenters. The van der Waals surface area contributed by atoms with Crippen LogP contribution in [0.3, 0.4) is 0 Å². The first-order valence-corrected chi connectivity index (χ1v) is 5.90. The lowest BCUT2D eigenvalue weighted by atomic mass is 10.0. The summed E-state index contributed by atoms with van der Waals surface area (Å²) in [6, 6.07) is 11.2. The molecule has 4 heteroatoms. The summed E-state index contributed by atoms with van der Waals surface area (Å²) in [6.07, 6.45) is 0. The second kappa shape index (κ2) is 4.94. The van der Waals surface area contributed by atoms with E-state index < -0.39 is 4.84 Å². The van der Waals surface area contributed by atoms with Crippen LogP contribution in [0.1, 0.15) is 10.4 Å². The van der Waals surface area contributed by atoms with Crippen LogP contribution in [-0.2, 0) is 0 Å². The van der Waals surface area contributed by atoms with Crippen molar-refractivity contribution in [3.8, 4) is 5.75 Å². The molecule has 0 unspecified atom stereocenters. The summed E-state index contributed by atoms with van der Waals surface area (Å²) in [5, 5.41) is 1.74. The van der Waals surface area contributed by atoms with E-state index in [1.807, 2.05) is 30.3 Å². The lowest BCUT2D eigenvalue weighted by Crippen LogP contribution is -2.10. The van der Waals surface area contributed by atoms with Gasteiger partial charge in [0.05, 0.1) is 12.7 Å². The molecule has 0 saturated carbocycles. The molecular formula is C13H10Cl2O2. The van der Waals surface area contributed by atoms with Gasteiger partial charge in [0.2, 0.25) is 0 Å². The number of benzene rings is 2. The molecule has 88 valence electrons. The molecule has 2 aromatic carbocycles. The van der Waals surface area contributed by atoms with Gasteiger partial charge in [0.15, 0.2) is 10.6 Å². The lowest BCUT2D eigenvalue weighted by molar-refractivity contribution is 0.101. The molecule has 0 aromatic heterocycles. The van der Waals surface area contributed by atoms with Crippen LogP contribution in [0.25, 0.3) is 10.8 Å².